The summed E-state index contributed by atoms with van der Waals surface area (Å²) in [7, 11) is 0. The van der Waals surface area contributed by atoms with Crippen LogP contribution in [0.2, 0.25) is 5.02 Å². The van der Waals surface area contributed by atoms with Crippen molar-refractivity contribution in [2.24, 2.45) is 5.73 Å². The van der Waals surface area contributed by atoms with Gasteiger partial charge < -0.3 is 15.6 Å². The molecule has 0 radical (unpaired) electrons. The molecule has 0 aliphatic carbocycles. The van der Waals surface area contributed by atoms with Gasteiger partial charge in [-0.15, -0.1) is 0 Å². The minimum atomic E-state index is 0.0981. The van der Waals surface area contributed by atoms with Crippen LogP contribution < -0.4 is 10.5 Å². The molecule has 0 spiro atoms. The van der Waals surface area contributed by atoms with Crippen molar-refractivity contribution in [1.82, 2.24) is 0 Å². The smallest absolute Gasteiger partial charge is 0.134 e. The summed E-state index contributed by atoms with van der Waals surface area (Å²) in [5, 5.41) is 9.92. The second kappa shape index (κ2) is 7.71. The van der Waals surface area contributed by atoms with Crippen molar-refractivity contribution < 1.29 is 9.84 Å². The monoisotopic (exact) mass is 333 g/mol. The van der Waals surface area contributed by atoms with Gasteiger partial charge in [-0.1, -0.05) is 23.7 Å². The van der Waals surface area contributed by atoms with Gasteiger partial charge in [0, 0.05) is 5.92 Å². The molecule has 1 atom stereocenters. The molecular formula is C19H24ClNO2. The number of halogens is 1. The van der Waals surface area contributed by atoms with E-state index in [1.54, 1.807) is 12.1 Å². The molecule has 1 unspecified atom stereocenters. The highest BCUT2D eigenvalue weighted by Crippen LogP contribution is 2.33. The van der Waals surface area contributed by atoms with Gasteiger partial charge in [0.1, 0.15) is 11.5 Å². The minimum Gasteiger partial charge on any atom is -0.506 e. The van der Waals surface area contributed by atoms with Crippen LogP contribution in [0.15, 0.2) is 30.3 Å². The summed E-state index contributed by atoms with van der Waals surface area (Å²) in [4.78, 5) is 0. The summed E-state index contributed by atoms with van der Waals surface area (Å²) in [5.41, 5.74) is 10.6. The lowest BCUT2D eigenvalue weighted by atomic mass is 9.89. The first-order valence-corrected chi connectivity index (χ1v) is 8.25. The zero-order chi connectivity index (χ0) is 17.0. The van der Waals surface area contributed by atoms with Crippen molar-refractivity contribution in [3.05, 3.63) is 57.6 Å². The second-order valence-electron chi connectivity index (χ2n) is 5.83. The Labute approximate surface area is 143 Å². The standard InChI is InChI=1S/C19H24ClNO2/c1-4-23-19-8-13(3)12(2)7-16(19)15(11-21)9-14-5-6-18(22)17(20)10-14/h5-8,10,15,22H,4,9,11,21H2,1-3H3. The molecular weight excluding hydrogens is 310 g/mol. The lowest BCUT2D eigenvalue weighted by molar-refractivity contribution is 0.333. The molecule has 3 N–H and O–H groups in total. The molecule has 0 aliphatic rings. The average molecular weight is 334 g/mol. The van der Waals surface area contributed by atoms with Gasteiger partial charge in [-0.3, -0.25) is 0 Å². The van der Waals surface area contributed by atoms with Crippen molar-refractivity contribution in [3.63, 3.8) is 0 Å². The lowest BCUT2D eigenvalue weighted by Gasteiger charge is -2.21. The summed E-state index contributed by atoms with van der Waals surface area (Å²) in [5.74, 6) is 1.13. The van der Waals surface area contributed by atoms with Crippen LogP contribution in [0.4, 0.5) is 0 Å². The van der Waals surface area contributed by atoms with Gasteiger partial charge >= 0.3 is 0 Å². The van der Waals surface area contributed by atoms with E-state index in [0.717, 1.165) is 23.3 Å². The normalized spacial score (nSPS) is 12.2. The number of aromatic hydroxyl groups is 1. The Kier molecular flexibility index (Phi) is 5.91. The van der Waals surface area contributed by atoms with Crippen molar-refractivity contribution >= 4 is 11.6 Å². The van der Waals surface area contributed by atoms with Gasteiger partial charge in [0.15, 0.2) is 0 Å². The summed E-state index contributed by atoms with van der Waals surface area (Å²) in [6.07, 6.45) is 0.749. The first kappa shape index (κ1) is 17.6. The molecule has 3 nitrogen and oxygen atoms in total. The number of benzene rings is 2. The first-order valence-electron chi connectivity index (χ1n) is 7.87. The topological polar surface area (TPSA) is 55.5 Å². The molecule has 0 saturated carbocycles. The van der Waals surface area contributed by atoms with Crippen molar-refractivity contribution in [3.8, 4) is 11.5 Å². The first-order chi connectivity index (χ1) is 11.0. The number of rotatable bonds is 6. The van der Waals surface area contributed by atoms with Crippen molar-refractivity contribution in [1.29, 1.82) is 0 Å². The van der Waals surface area contributed by atoms with Crippen LogP contribution in [0.3, 0.4) is 0 Å². The molecule has 23 heavy (non-hydrogen) atoms. The Morgan fingerprint density at radius 1 is 1.17 bits per heavy atom. The maximum atomic E-state index is 9.56. The third-order valence-electron chi connectivity index (χ3n) is 4.14. The molecule has 0 aromatic heterocycles. The SMILES string of the molecule is CCOc1cc(C)c(C)cc1C(CN)Cc1ccc(O)c(Cl)c1. The Bertz CT molecular complexity index is 685. The highest BCUT2D eigenvalue weighted by atomic mass is 35.5. The maximum Gasteiger partial charge on any atom is 0.134 e. The molecule has 4 heteroatoms. The molecule has 2 aromatic rings. The van der Waals surface area contributed by atoms with E-state index in [9.17, 15) is 5.11 Å². The van der Waals surface area contributed by atoms with Gasteiger partial charge in [-0.2, -0.15) is 0 Å². The Morgan fingerprint density at radius 3 is 2.48 bits per heavy atom. The molecule has 2 rings (SSSR count). The zero-order valence-corrected chi connectivity index (χ0v) is 14.7. The minimum absolute atomic E-state index is 0.0981. The summed E-state index contributed by atoms with van der Waals surface area (Å²) in [6, 6.07) is 9.54. The fraction of sp³-hybridized carbons (Fsp3) is 0.368. The number of phenolic OH excluding ortho intramolecular Hbond substituents is 1. The number of phenols is 1. The van der Waals surface area contributed by atoms with Crippen LogP contribution in [0, 0.1) is 13.8 Å². The van der Waals surface area contributed by atoms with Gasteiger partial charge in [0.2, 0.25) is 0 Å². The van der Waals surface area contributed by atoms with E-state index in [1.165, 1.54) is 11.1 Å². The predicted octanol–water partition coefficient (Wildman–Crippen LogP) is 4.35. The van der Waals surface area contributed by atoms with E-state index in [4.69, 9.17) is 22.1 Å². The van der Waals surface area contributed by atoms with Crippen LogP contribution in [-0.2, 0) is 6.42 Å². The number of nitrogens with two attached hydrogens (primary N) is 1. The molecule has 0 saturated heterocycles. The highest BCUT2D eigenvalue weighted by molar-refractivity contribution is 6.32. The molecule has 0 aliphatic heterocycles. The third-order valence-corrected chi connectivity index (χ3v) is 4.45. The van der Waals surface area contributed by atoms with E-state index in [2.05, 4.69) is 26.0 Å². The Hall–Kier alpha value is -1.71. The molecule has 0 bridgehead atoms. The average Bonchev–Trinajstić information content (AvgIpc) is 2.52. The van der Waals surface area contributed by atoms with Gasteiger partial charge in [-0.25, -0.2) is 0 Å². The van der Waals surface area contributed by atoms with E-state index in [-0.39, 0.29) is 11.7 Å². The van der Waals surface area contributed by atoms with E-state index >= 15 is 0 Å². The largest absolute Gasteiger partial charge is 0.506 e. The maximum absolute atomic E-state index is 9.56. The number of hydrogen-bond donors (Lipinski definition) is 2. The third kappa shape index (κ3) is 4.18. The number of aryl methyl sites for hydroxylation is 2. The Balaban J connectivity index is 2.36. The van der Waals surface area contributed by atoms with Crippen LogP contribution in [0.5, 0.6) is 11.5 Å². The molecule has 0 amide bonds. The van der Waals surface area contributed by atoms with Gasteiger partial charge in [0.25, 0.3) is 0 Å². The van der Waals surface area contributed by atoms with Crippen LogP contribution in [-0.4, -0.2) is 18.3 Å². The van der Waals surface area contributed by atoms with E-state index < -0.39 is 0 Å². The van der Waals surface area contributed by atoms with Crippen molar-refractivity contribution in [2.75, 3.05) is 13.2 Å². The summed E-state index contributed by atoms with van der Waals surface area (Å²) in [6.45, 7) is 7.30. The van der Waals surface area contributed by atoms with Gasteiger partial charge in [-0.05, 0) is 74.2 Å². The van der Waals surface area contributed by atoms with Gasteiger partial charge in [0.05, 0.1) is 11.6 Å². The zero-order valence-electron chi connectivity index (χ0n) is 13.9. The second-order valence-corrected chi connectivity index (χ2v) is 6.24. The lowest BCUT2D eigenvalue weighted by Crippen LogP contribution is -2.16. The quantitative estimate of drug-likeness (QED) is 0.826. The summed E-state index contributed by atoms with van der Waals surface area (Å²) >= 11 is 6.01. The Morgan fingerprint density at radius 2 is 1.87 bits per heavy atom. The highest BCUT2D eigenvalue weighted by Gasteiger charge is 2.17. The van der Waals surface area contributed by atoms with Crippen LogP contribution in [0.25, 0.3) is 0 Å². The molecule has 124 valence electrons. The van der Waals surface area contributed by atoms with Crippen LogP contribution >= 0.6 is 11.6 Å². The van der Waals surface area contributed by atoms with Crippen molar-refractivity contribution in [2.45, 2.75) is 33.1 Å². The predicted molar refractivity (Wildman–Crippen MR) is 95.7 cm³/mol. The fourth-order valence-electron chi connectivity index (χ4n) is 2.69. The number of hydrogen-bond acceptors (Lipinski definition) is 3. The number of ether oxygens (including phenoxy) is 1. The molecule has 2 aromatic carbocycles. The van der Waals surface area contributed by atoms with E-state index in [0.29, 0.717) is 18.2 Å². The van der Waals surface area contributed by atoms with Crippen LogP contribution in [0.1, 0.15) is 35.1 Å². The fourth-order valence-corrected chi connectivity index (χ4v) is 2.90. The molecule has 0 heterocycles. The molecule has 0 fully saturated rings. The van der Waals surface area contributed by atoms with E-state index in [1.807, 2.05) is 13.0 Å². The summed E-state index contributed by atoms with van der Waals surface area (Å²) < 4.78 is 5.81.